The van der Waals surface area contributed by atoms with Gasteiger partial charge in [-0.05, 0) is 20.3 Å². The van der Waals surface area contributed by atoms with Crippen molar-refractivity contribution in [2.75, 3.05) is 0 Å². The standard InChI is InChI=1S/C15H20N6/c1-12(3-6-20-7-5-17-13(20)2)18-9-14-10-19-15-11-16-4-8-21(14)15/h4-5,7-8,10-12,18H,3,6,9H2,1-2H3. The normalized spacial score (nSPS) is 12.9. The van der Waals surface area contributed by atoms with E-state index >= 15 is 0 Å². The fourth-order valence-electron chi connectivity index (χ4n) is 2.38. The molecule has 0 bridgehead atoms. The van der Waals surface area contributed by atoms with Crippen LogP contribution in [0.25, 0.3) is 5.65 Å². The molecule has 0 saturated carbocycles. The molecule has 3 rings (SSSR count). The molecule has 0 spiro atoms. The van der Waals surface area contributed by atoms with Crippen LogP contribution < -0.4 is 5.32 Å². The Morgan fingerprint density at radius 3 is 2.90 bits per heavy atom. The first kappa shape index (κ1) is 13.8. The van der Waals surface area contributed by atoms with Crippen molar-refractivity contribution in [1.29, 1.82) is 0 Å². The largest absolute Gasteiger partial charge is 0.335 e. The lowest BCUT2D eigenvalue weighted by molar-refractivity contribution is 0.468. The highest BCUT2D eigenvalue weighted by atomic mass is 15.1. The van der Waals surface area contributed by atoms with Gasteiger partial charge in [0.1, 0.15) is 5.82 Å². The van der Waals surface area contributed by atoms with E-state index in [-0.39, 0.29) is 0 Å². The average molecular weight is 284 g/mol. The summed E-state index contributed by atoms with van der Waals surface area (Å²) in [6.45, 7) is 6.02. The SMILES string of the molecule is Cc1nccn1CCC(C)NCc1cnc2cnccn12. The number of nitrogens with one attached hydrogen (secondary N) is 1. The van der Waals surface area contributed by atoms with Crippen LogP contribution in [-0.4, -0.2) is 30.0 Å². The average Bonchev–Trinajstić information content (AvgIpc) is 3.09. The monoisotopic (exact) mass is 284 g/mol. The van der Waals surface area contributed by atoms with Gasteiger partial charge in [0.2, 0.25) is 0 Å². The molecule has 21 heavy (non-hydrogen) atoms. The second kappa shape index (κ2) is 6.05. The number of rotatable bonds is 6. The van der Waals surface area contributed by atoms with Gasteiger partial charge in [0.15, 0.2) is 5.65 Å². The maximum absolute atomic E-state index is 4.34. The molecule has 0 fully saturated rings. The Hall–Kier alpha value is -2.21. The molecule has 110 valence electrons. The number of hydrogen-bond acceptors (Lipinski definition) is 4. The van der Waals surface area contributed by atoms with Crippen molar-refractivity contribution in [3.63, 3.8) is 0 Å². The third-order valence-electron chi connectivity index (χ3n) is 3.75. The van der Waals surface area contributed by atoms with E-state index < -0.39 is 0 Å². The summed E-state index contributed by atoms with van der Waals surface area (Å²) in [5.41, 5.74) is 2.04. The van der Waals surface area contributed by atoms with Crippen molar-refractivity contribution < 1.29 is 0 Å². The highest BCUT2D eigenvalue weighted by Crippen LogP contribution is 2.06. The second-order valence-electron chi connectivity index (χ2n) is 5.29. The Labute approximate surface area is 123 Å². The lowest BCUT2D eigenvalue weighted by atomic mass is 10.2. The predicted octanol–water partition coefficient (Wildman–Crippen LogP) is 1.80. The Morgan fingerprint density at radius 1 is 1.19 bits per heavy atom. The number of aromatic nitrogens is 5. The summed E-state index contributed by atoms with van der Waals surface area (Å²) in [6.07, 6.45) is 12.3. The molecule has 0 aromatic carbocycles. The molecule has 3 aromatic rings. The Morgan fingerprint density at radius 2 is 2.10 bits per heavy atom. The van der Waals surface area contributed by atoms with Gasteiger partial charge in [-0.3, -0.25) is 9.38 Å². The van der Waals surface area contributed by atoms with Gasteiger partial charge in [0.25, 0.3) is 0 Å². The quantitative estimate of drug-likeness (QED) is 0.750. The number of imidazole rings is 2. The molecule has 3 heterocycles. The van der Waals surface area contributed by atoms with Crippen LogP contribution in [-0.2, 0) is 13.1 Å². The number of hydrogen-bond donors (Lipinski definition) is 1. The van der Waals surface area contributed by atoms with Crippen molar-refractivity contribution in [2.24, 2.45) is 0 Å². The van der Waals surface area contributed by atoms with Gasteiger partial charge in [0, 0.05) is 43.9 Å². The first-order chi connectivity index (χ1) is 10.2. The molecule has 1 unspecified atom stereocenters. The minimum Gasteiger partial charge on any atom is -0.335 e. The molecule has 6 nitrogen and oxygen atoms in total. The summed E-state index contributed by atoms with van der Waals surface area (Å²) in [5, 5.41) is 3.54. The van der Waals surface area contributed by atoms with Crippen LogP contribution in [0.5, 0.6) is 0 Å². The minimum absolute atomic E-state index is 0.430. The third-order valence-corrected chi connectivity index (χ3v) is 3.75. The van der Waals surface area contributed by atoms with Crippen molar-refractivity contribution >= 4 is 5.65 Å². The lowest BCUT2D eigenvalue weighted by Gasteiger charge is -2.14. The summed E-state index contributed by atoms with van der Waals surface area (Å²) in [6, 6.07) is 0.430. The maximum atomic E-state index is 4.34. The van der Waals surface area contributed by atoms with Gasteiger partial charge in [-0.25, -0.2) is 9.97 Å². The smallest absolute Gasteiger partial charge is 0.155 e. The topological polar surface area (TPSA) is 60.0 Å². The third kappa shape index (κ3) is 3.11. The lowest BCUT2D eigenvalue weighted by Crippen LogP contribution is -2.27. The van der Waals surface area contributed by atoms with E-state index in [0.717, 1.165) is 36.7 Å². The van der Waals surface area contributed by atoms with Crippen molar-refractivity contribution in [3.8, 4) is 0 Å². The van der Waals surface area contributed by atoms with E-state index in [4.69, 9.17) is 0 Å². The first-order valence-corrected chi connectivity index (χ1v) is 7.21. The summed E-state index contributed by atoms with van der Waals surface area (Å²) >= 11 is 0. The van der Waals surface area contributed by atoms with Gasteiger partial charge in [-0.1, -0.05) is 0 Å². The van der Waals surface area contributed by atoms with E-state index in [0.29, 0.717) is 6.04 Å². The molecule has 0 aliphatic heterocycles. The molecule has 1 atom stereocenters. The van der Waals surface area contributed by atoms with Crippen molar-refractivity contribution in [3.05, 3.63) is 48.7 Å². The van der Waals surface area contributed by atoms with Crippen LogP contribution in [0.4, 0.5) is 0 Å². The van der Waals surface area contributed by atoms with Crippen LogP contribution in [0.15, 0.2) is 37.2 Å². The van der Waals surface area contributed by atoms with Crippen LogP contribution in [0.3, 0.4) is 0 Å². The molecular weight excluding hydrogens is 264 g/mol. The van der Waals surface area contributed by atoms with E-state index in [9.17, 15) is 0 Å². The van der Waals surface area contributed by atoms with Crippen molar-refractivity contribution in [1.82, 2.24) is 29.2 Å². The van der Waals surface area contributed by atoms with E-state index in [2.05, 4.69) is 36.2 Å². The molecule has 0 amide bonds. The molecule has 0 aliphatic rings. The Bertz CT molecular complexity index is 714. The minimum atomic E-state index is 0.430. The fraction of sp³-hybridized carbons (Fsp3) is 0.400. The van der Waals surface area contributed by atoms with Gasteiger partial charge in [-0.15, -0.1) is 0 Å². The molecule has 3 aromatic heterocycles. The predicted molar refractivity (Wildman–Crippen MR) is 80.9 cm³/mol. The van der Waals surface area contributed by atoms with Gasteiger partial charge >= 0.3 is 0 Å². The molecule has 1 N–H and O–H groups in total. The zero-order chi connectivity index (χ0) is 14.7. The van der Waals surface area contributed by atoms with Crippen LogP contribution in [0.2, 0.25) is 0 Å². The highest BCUT2D eigenvalue weighted by molar-refractivity contribution is 5.36. The molecule has 0 aliphatic carbocycles. The number of aryl methyl sites for hydroxylation is 2. The van der Waals surface area contributed by atoms with Gasteiger partial charge < -0.3 is 9.88 Å². The summed E-state index contributed by atoms with van der Waals surface area (Å²) < 4.78 is 4.24. The maximum Gasteiger partial charge on any atom is 0.155 e. The van der Waals surface area contributed by atoms with Gasteiger partial charge in [-0.2, -0.15) is 0 Å². The number of fused-ring (bicyclic) bond motifs is 1. The first-order valence-electron chi connectivity index (χ1n) is 7.21. The molecule has 0 radical (unpaired) electrons. The second-order valence-corrected chi connectivity index (χ2v) is 5.29. The zero-order valence-corrected chi connectivity index (χ0v) is 12.4. The summed E-state index contributed by atoms with van der Waals surface area (Å²) in [4.78, 5) is 12.7. The van der Waals surface area contributed by atoms with E-state index in [1.807, 2.05) is 31.7 Å². The molecular formula is C15H20N6. The van der Waals surface area contributed by atoms with E-state index in [1.165, 1.54) is 0 Å². The van der Waals surface area contributed by atoms with Crippen LogP contribution in [0, 0.1) is 6.92 Å². The Kier molecular flexibility index (Phi) is 3.96. The summed E-state index contributed by atoms with van der Waals surface area (Å²) in [7, 11) is 0. The highest BCUT2D eigenvalue weighted by Gasteiger charge is 2.06. The molecule has 0 saturated heterocycles. The van der Waals surface area contributed by atoms with Crippen molar-refractivity contribution in [2.45, 2.75) is 39.4 Å². The van der Waals surface area contributed by atoms with Gasteiger partial charge in [0.05, 0.1) is 18.1 Å². The zero-order valence-electron chi connectivity index (χ0n) is 12.4. The number of nitrogens with zero attached hydrogens (tertiary/aromatic N) is 5. The fourth-order valence-corrected chi connectivity index (χ4v) is 2.38. The van der Waals surface area contributed by atoms with E-state index in [1.54, 1.807) is 12.4 Å². The van der Waals surface area contributed by atoms with Crippen LogP contribution in [0.1, 0.15) is 24.9 Å². The summed E-state index contributed by atoms with van der Waals surface area (Å²) in [5.74, 6) is 1.07. The van der Waals surface area contributed by atoms with Crippen LogP contribution >= 0.6 is 0 Å². The molecule has 6 heteroatoms. The Balaban J connectivity index is 1.54.